The van der Waals surface area contributed by atoms with E-state index in [-0.39, 0.29) is 11.5 Å². The summed E-state index contributed by atoms with van der Waals surface area (Å²) in [5, 5.41) is 13.1. The Labute approximate surface area is 141 Å². The summed E-state index contributed by atoms with van der Waals surface area (Å²) in [5.74, 6) is 0.198. The molecule has 0 amide bonds. The van der Waals surface area contributed by atoms with Crippen molar-refractivity contribution in [2.24, 2.45) is 4.99 Å². The topological polar surface area (TPSA) is 61.7 Å². The van der Waals surface area contributed by atoms with Crippen LogP contribution in [0.4, 0.5) is 0 Å². The van der Waals surface area contributed by atoms with E-state index in [1.165, 1.54) is 6.92 Å². The highest BCUT2D eigenvalue weighted by atomic mass is 79.9. The molecular weight excluding hydrogens is 400 g/mol. The van der Waals surface area contributed by atoms with Crippen molar-refractivity contribution in [2.45, 2.75) is 20.8 Å². The number of phenolic OH excluding ortho intramolecular Hbond substituents is 1. The first kappa shape index (κ1) is 17.9. The summed E-state index contributed by atoms with van der Waals surface area (Å²) in [5.41, 5.74) is 2.26. The van der Waals surface area contributed by atoms with E-state index in [0.29, 0.717) is 23.1 Å². The van der Waals surface area contributed by atoms with Crippen LogP contribution in [0.15, 0.2) is 37.8 Å². The lowest BCUT2D eigenvalue weighted by molar-refractivity contribution is -0.112. The van der Waals surface area contributed by atoms with Crippen LogP contribution in [0, 0.1) is 0 Å². The lowest BCUT2D eigenvalue weighted by atomic mass is 10.1. The Balaban J connectivity index is 2.68. The van der Waals surface area contributed by atoms with Crippen molar-refractivity contribution in [1.82, 2.24) is 5.32 Å². The van der Waals surface area contributed by atoms with Crippen LogP contribution in [0.2, 0.25) is 0 Å². The average Bonchev–Trinajstić information content (AvgIpc) is 2.37. The molecule has 0 aliphatic carbocycles. The zero-order chi connectivity index (χ0) is 16.0. The number of carbonyl (C=O) groups excluding carboxylic acids is 1. The number of halogens is 2. The average molecular weight is 418 g/mol. The van der Waals surface area contributed by atoms with Crippen LogP contribution in [0.3, 0.4) is 0 Å². The molecule has 6 heteroatoms. The van der Waals surface area contributed by atoms with Crippen LogP contribution in [0.25, 0.3) is 0 Å². The second-order valence-corrected chi connectivity index (χ2v) is 6.39. The molecule has 2 N–H and O–H groups in total. The first-order valence-corrected chi connectivity index (χ1v) is 8.02. The Kier molecular flexibility index (Phi) is 7.11. The van der Waals surface area contributed by atoms with Gasteiger partial charge < -0.3 is 10.4 Å². The summed E-state index contributed by atoms with van der Waals surface area (Å²) >= 11 is 6.69. The molecule has 0 aliphatic rings. The molecule has 0 heterocycles. The molecule has 0 fully saturated rings. The molecule has 0 saturated heterocycles. The van der Waals surface area contributed by atoms with E-state index in [1.807, 2.05) is 19.9 Å². The van der Waals surface area contributed by atoms with Crippen LogP contribution >= 0.6 is 31.9 Å². The molecule has 1 aromatic carbocycles. The normalized spacial score (nSPS) is 12.4. The number of ketones is 1. The van der Waals surface area contributed by atoms with Crippen molar-refractivity contribution in [3.63, 3.8) is 0 Å². The Morgan fingerprint density at radius 2 is 2.00 bits per heavy atom. The van der Waals surface area contributed by atoms with Gasteiger partial charge in [-0.05, 0) is 54.9 Å². The number of carbonyl (C=O) groups is 1. The fourth-order valence-electron chi connectivity index (χ4n) is 1.76. The fraction of sp³-hybridized carbons (Fsp3) is 0.333. The smallest absolute Gasteiger partial charge is 0.154 e. The summed E-state index contributed by atoms with van der Waals surface area (Å²) in [6.45, 7) is 6.39. The van der Waals surface area contributed by atoms with E-state index < -0.39 is 0 Å². The molecule has 0 spiro atoms. The van der Waals surface area contributed by atoms with Gasteiger partial charge >= 0.3 is 0 Å². The standard InChI is InChI=1S/C15H18Br2N2O2/c1-9(6-10(2)20)18-4-5-19-11(3)13-7-12(16)8-14(17)15(13)21/h6-8,18,21H,4-5H2,1-3H3/b9-6+,19-11?. The molecule has 0 radical (unpaired) electrons. The lowest BCUT2D eigenvalue weighted by Gasteiger charge is -2.08. The SMILES string of the molecule is CC(=O)/C=C(\C)NCCN=C(C)c1cc(Br)cc(Br)c1O. The van der Waals surface area contributed by atoms with Crippen molar-refractivity contribution in [3.05, 3.63) is 38.4 Å². The van der Waals surface area contributed by atoms with Gasteiger partial charge in [-0.25, -0.2) is 0 Å². The molecule has 0 saturated carbocycles. The summed E-state index contributed by atoms with van der Waals surface area (Å²) in [4.78, 5) is 15.3. The molecule has 1 aromatic rings. The first-order valence-electron chi connectivity index (χ1n) is 6.43. The van der Waals surface area contributed by atoms with Gasteiger partial charge in [-0.3, -0.25) is 9.79 Å². The third-order valence-electron chi connectivity index (χ3n) is 2.70. The number of rotatable bonds is 6. The third kappa shape index (κ3) is 6.01. The minimum absolute atomic E-state index is 0.0172. The van der Waals surface area contributed by atoms with Crippen LogP contribution < -0.4 is 5.32 Å². The van der Waals surface area contributed by atoms with Crippen molar-refractivity contribution in [2.75, 3.05) is 13.1 Å². The molecule has 0 aromatic heterocycles. The maximum Gasteiger partial charge on any atom is 0.154 e. The van der Waals surface area contributed by atoms with Gasteiger partial charge in [-0.1, -0.05) is 15.9 Å². The minimum Gasteiger partial charge on any atom is -0.506 e. The van der Waals surface area contributed by atoms with Crippen LogP contribution in [-0.4, -0.2) is 29.7 Å². The van der Waals surface area contributed by atoms with E-state index in [0.717, 1.165) is 15.9 Å². The van der Waals surface area contributed by atoms with Gasteiger partial charge in [0.1, 0.15) is 5.75 Å². The van der Waals surface area contributed by atoms with E-state index in [9.17, 15) is 9.90 Å². The second-order valence-electron chi connectivity index (χ2n) is 4.62. The van der Waals surface area contributed by atoms with E-state index in [4.69, 9.17) is 0 Å². The van der Waals surface area contributed by atoms with Crippen LogP contribution in [0.1, 0.15) is 26.3 Å². The van der Waals surface area contributed by atoms with Crippen LogP contribution in [0.5, 0.6) is 5.75 Å². The highest BCUT2D eigenvalue weighted by Crippen LogP contribution is 2.32. The molecule has 114 valence electrons. The lowest BCUT2D eigenvalue weighted by Crippen LogP contribution is -2.16. The van der Waals surface area contributed by atoms with Gasteiger partial charge in [0.25, 0.3) is 0 Å². The third-order valence-corrected chi connectivity index (χ3v) is 3.76. The Bertz CT molecular complexity index is 596. The molecule has 21 heavy (non-hydrogen) atoms. The van der Waals surface area contributed by atoms with Gasteiger partial charge in [-0.15, -0.1) is 0 Å². The summed E-state index contributed by atoms with van der Waals surface area (Å²) in [7, 11) is 0. The number of allylic oxidation sites excluding steroid dienone is 2. The number of aliphatic imine (C=N–C) groups is 1. The largest absolute Gasteiger partial charge is 0.506 e. The number of hydrogen-bond acceptors (Lipinski definition) is 4. The zero-order valence-corrected chi connectivity index (χ0v) is 15.4. The highest BCUT2D eigenvalue weighted by Gasteiger charge is 2.09. The maximum absolute atomic E-state index is 10.9. The van der Waals surface area contributed by atoms with Crippen molar-refractivity contribution in [1.29, 1.82) is 0 Å². The minimum atomic E-state index is 0.0172. The van der Waals surface area contributed by atoms with Crippen molar-refractivity contribution < 1.29 is 9.90 Å². The van der Waals surface area contributed by atoms with Crippen molar-refractivity contribution in [3.8, 4) is 5.75 Å². The monoisotopic (exact) mass is 416 g/mol. The Morgan fingerprint density at radius 3 is 2.62 bits per heavy atom. The molecule has 0 bridgehead atoms. The first-order chi connectivity index (χ1) is 9.81. The van der Waals surface area contributed by atoms with E-state index in [1.54, 1.807) is 12.1 Å². The van der Waals surface area contributed by atoms with E-state index in [2.05, 4.69) is 42.2 Å². The number of benzene rings is 1. The molecule has 0 aliphatic heterocycles. The number of nitrogens with one attached hydrogen (secondary N) is 1. The van der Waals surface area contributed by atoms with Gasteiger partial charge in [0, 0.05) is 28.0 Å². The molecule has 1 rings (SSSR count). The maximum atomic E-state index is 10.9. The summed E-state index contributed by atoms with van der Waals surface area (Å²) in [6.07, 6.45) is 1.55. The van der Waals surface area contributed by atoms with Crippen molar-refractivity contribution >= 4 is 43.4 Å². The Morgan fingerprint density at radius 1 is 1.33 bits per heavy atom. The number of nitrogens with zero attached hydrogens (tertiary/aromatic N) is 1. The van der Waals surface area contributed by atoms with Gasteiger partial charge in [0.05, 0.1) is 11.0 Å². The number of phenols is 1. The molecule has 4 nitrogen and oxygen atoms in total. The highest BCUT2D eigenvalue weighted by molar-refractivity contribution is 9.11. The van der Waals surface area contributed by atoms with Gasteiger partial charge in [-0.2, -0.15) is 0 Å². The van der Waals surface area contributed by atoms with Gasteiger partial charge in [0.15, 0.2) is 5.78 Å². The summed E-state index contributed by atoms with van der Waals surface area (Å²) < 4.78 is 1.50. The Hall–Kier alpha value is -1.14. The molecule has 0 atom stereocenters. The summed E-state index contributed by atoms with van der Waals surface area (Å²) in [6, 6.07) is 3.61. The van der Waals surface area contributed by atoms with E-state index >= 15 is 0 Å². The quantitative estimate of drug-likeness (QED) is 0.420. The number of hydrogen-bond donors (Lipinski definition) is 2. The zero-order valence-electron chi connectivity index (χ0n) is 12.2. The van der Waals surface area contributed by atoms with Crippen LogP contribution in [-0.2, 0) is 4.79 Å². The predicted molar refractivity (Wildman–Crippen MR) is 93.0 cm³/mol. The molecule has 0 unspecified atom stereocenters. The number of aromatic hydroxyl groups is 1. The molecular formula is C15H18Br2N2O2. The van der Waals surface area contributed by atoms with Gasteiger partial charge in [0.2, 0.25) is 0 Å². The fourth-order valence-corrected chi connectivity index (χ4v) is 2.98. The predicted octanol–water partition coefficient (Wildman–Crippen LogP) is 3.81. The second kappa shape index (κ2) is 8.34.